The first-order valence-electron chi connectivity index (χ1n) is 41.8. The van der Waals surface area contributed by atoms with E-state index >= 15 is 0 Å². The molecule has 24 heteroatoms. The Morgan fingerprint density at radius 1 is 0.328 bits per heavy atom. The van der Waals surface area contributed by atoms with Crippen LogP contribution in [0.25, 0.3) is 0 Å². The molecule has 10 amide bonds. The van der Waals surface area contributed by atoms with Crippen molar-refractivity contribution in [3.63, 3.8) is 0 Å². The quantitative estimate of drug-likeness (QED) is 0.0323. The zero-order chi connectivity index (χ0) is 83.9. The van der Waals surface area contributed by atoms with Gasteiger partial charge in [0.05, 0.1) is 14.2 Å². The Morgan fingerprint density at radius 2 is 0.605 bits per heavy atom. The van der Waals surface area contributed by atoms with E-state index in [4.69, 9.17) is 32.7 Å². The third kappa shape index (κ3) is 33.6. The van der Waals surface area contributed by atoms with Crippen molar-refractivity contribution >= 4 is 81.8 Å². The third-order valence-electron chi connectivity index (χ3n) is 21.7. The molecule has 5 heterocycles. The summed E-state index contributed by atoms with van der Waals surface area (Å²) >= 11 is 11.9. The van der Waals surface area contributed by atoms with Crippen LogP contribution >= 0.6 is 23.2 Å². The number of urea groups is 5. The summed E-state index contributed by atoms with van der Waals surface area (Å²) in [6.07, 6.45) is 9.82. The number of benzene rings is 9. The van der Waals surface area contributed by atoms with E-state index in [2.05, 4.69) is 189 Å². The first-order chi connectivity index (χ1) is 57.8. The van der Waals surface area contributed by atoms with Gasteiger partial charge in [-0.25, -0.2) is 24.0 Å². The van der Waals surface area contributed by atoms with Crippen molar-refractivity contribution in [1.82, 2.24) is 51.1 Å². The van der Waals surface area contributed by atoms with Gasteiger partial charge in [0.25, 0.3) is 0 Å². The molecule has 632 valence electrons. The molecule has 5 fully saturated rings. The molecule has 0 aliphatic carbocycles. The molecule has 9 aromatic carbocycles. The van der Waals surface area contributed by atoms with Gasteiger partial charge in [0.1, 0.15) is 11.5 Å². The van der Waals surface area contributed by atoms with Crippen molar-refractivity contribution in [3.8, 4) is 11.5 Å². The van der Waals surface area contributed by atoms with Gasteiger partial charge in [-0.2, -0.15) is 0 Å². The highest BCUT2D eigenvalue weighted by Crippen LogP contribution is 2.25. The number of ether oxygens (including phenoxy) is 2. The smallest absolute Gasteiger partial charge is 0.319 e. The summed E-state index contributed by atoms with van der Waals surface area (Å²) in [5.41, 5.74) is 11.3. The maximum Gasteiger partial charge on any atom is 0.319 e. The van der Waals surface area contributed by atoms with Crippen molar-refractivity contribution in [2.24, 2.45) is 0 Å². The normalized spacial score (nSPS) is 15.9. The average molecular weight is 1660 g/mol. The van der Waals surface area contributed by atoms with Crippen LogP contribution in [0.15, 0.2) is 237 Å². The van der Waals surface area contributed by atoms with E-state index in [-0.39, 0.29) is 60.4 Å². The van der Waals surface area contributed by atoms with Crippen LogP contribution in [0.4, 0.5) is 52.4 Å². The molecule has 5 aliphatic heterocycles. The lowest BCUT2D eigenvalue weighted by Gasteiger charge is -2.34. The maximum absolute atomic E-state index is 12.2. The molecule has 0 unspecified atom stereocenters. The molecule has 5 aliphatic rings. The number of hydrogen-bond donors (Lipinski definition) is 10. The van der Waals surface area contributed by atoms with E-state index in [9.17, 15) is 24.0 Å². The number of piperidine rings is 5. The molecule has 0 radical (unpaired) electrons. The predicted molar refractivity (Wildman–Crippen MR) is 484 cm³/mol. The molecule has 22 nitrogen and oxygen atoms in total. The van der Waals surface area contributed by atoms with Crippen LogP contribution in [-0.2, 0) is 26.2 Å². The van der Waals surface area contributed by atoms with Gasteiger partial charge < -0.3 is 67.5 Å². The van der Waals surface area contributed by atoms with Gasteiger partial charge in [0.15, 0.2) is 0 Å². The maximum atomic E-state index is 12.2. The first kappa shape index (κ1) is 90.6. The van der Waals surface area contributed by atoms with E-state index in [1.807, 2.05) is 117 Å². The highest BCUT2D eigenvalue weighted by atomic mass is 35.5. The van der Waals surface area contributed by atoms with Crippen molar-refractivity contribution in [2.75, 3.05) is 106 Å². The largest absolute Gasteiger partial charge is 0.497 e. The molecule has 119 heavy (non-hydrogen) atoms. The second kappa shape index (κ2) is 49.0. The molecule has 0 bridgehead atoms. The standard InChI is InChI=1S/C20H24ClN3O.C20H25N3O2.C20H25N3O.C19H22ClN3O.C16H25N3O2/c1-15-7-8-18(13-19(15)21)23-20(25)22-17-9-11-24(12-10-17)14-16-5-3-2-4-6-16;1-25-19-9-5-8-18(14-19)22-20(24)21-17-10-12-23(13-11-17)15-16-6-3-2-4-7-16;1-16-6-5-9-19(14-16)22-20(24)21-18-10-12-23(13-11-18)15-17-7-3-2-4-8-17;20-16-6-8-17(9-7-16)21-19(24)22-18-10-12-23(13-11-18)14-15-4-2-1-3-5-15;1-12(2)19-9-7-13(8-10-19)17-16(20)18-14-5-4-6-15(11-14)21-3/h2-8,13,17H,9-12,14H2,1H3,(H2,22,23,25);2-9,14,17H,10-13,15H2,1H3,(H2,21,22,24);2-9,14,18H,10-13,15H2,1H3,(H2,21,22,24);1-9,18H,10-14H2,(H2,21,22,24);4-6,11-13H,7-10H2,1-3H3,(H2,17,18,20). The summed E-state index contributed by atoms with van der Waals surface area (Å²) in [5.74, 6) is 1.46. The second-order valence-electron chi connectivity index (χ2n) is 31.3. The summed E-state index contributed by atoms with van der Waals surface area (Å²) in [4.78, 5) is 72.8. The number of hydrogen-bond acceptors (Lipinski definition) is 12. The van der Waals surface area contributed by atoms with Crippen LogP contribution in [0.2, 0.25) is 10.0 Å². The number of methoxy groups -OCH3 is 2. The molecular formula is C95H121Cl2N15O7. The second-order valence-corrected chi connectivity index (χ2v) is 32.2. The SMILES string of the molecule is COc1cccc(NC(=O)NC2CCN(C(C)C)CC2)c1.COc1cccc(NC(=O)NC2CCN(Cc3ccccc3)CC2)c1.Cc1ccc(NC(=O)NC2CCN(Cc3ccccc3)CC2)cc1Cl.Cc1cccc(NC(=O)NC2CCN(Cc3ccccc3)CC2)c1.O=C(Nc1ccc(Cl)cc1)NC1CCN(Cc2ccccc2)CC1. The average Bonchev–Trinajstić information content (AvgIpc) is 0.969. The van der Waals surface area contributed by atoms with Gasteiger partial charge in [0.2, 0.25) is 0 Å². The Labute approximate surface area is 714 Å². The minimum atomic E-state index is -0.165. The molecular weight excluding hydrogens is 1530 g/mol. The fraction of sp³-hybridized carbons (Fsp3) is 0.379. The number of amides is 10. The van der Waals surface area contributed by atoms with Gasteiger partial charge in [-0.15, -0.1) is 0 Å². The molecule has 0 saturated carbocycles. The number of nitrogens with zero attached hydrogens (tertiary/aromatic N) is 5. The lowest BCUT2D eigenvalue weighted by molar-refractivity contribution is 0.163. The lowest BCUT2D eigenvalue weighted by Crippen LogP contribution is -2.47. The molecule has 14 rings (SSSR count). The van der Waals surface area contributed by atoms with Crippen molar-refractivity contribution < 1.29 is 33.4 Å². The number of carbonyl (C=O) groups is 5. The summed E-state index contributed by atoms with van der Waals surface area (Å²) in [6.45, 7) is 22.4. The fourth-order valence-corrected chi connectivity index (χ4v) is 15.3. The van der Waals surface area contributed by atoms with E-state index in [0.29, 0.717) is 16.1 Å². The highest BCUT2D eigenvalue weighted by Gasteiger charge is 2.27. The monoisotopic (exact) mass is 1650 g/mol. The van der Waals surface area contributed by atoms with Crippen LogP contribution in [-0.4, -0.2) is 171 Å². The van der Waals surface area contributed by atoms with Crippen molar-refractivity contribution in [3.05, 3.63) is 280 Å². The number of aryl methyl sites for hydroxylation is 2. The molecule has 0 atom stereocenters. The number of carbonyl (C=O) groups excluding carboxylic acids is 5. The molecule has 9 aromatic rings. The number of nitrogens with one attached hydrogen (secondary N) is 10. The van der Waals surface area contributed by atoms with E-state index in [0.717, 1.165) is 207 Å². The molecule has 0 aromatic heterocycles. The van der Waals surface area contributed by atoms with E-state index < -0.39 is 0 Å². The van der Waals surface area contributed by atoms with Crippen molar-refractivity contribution in [1.29, 1.82) is 0 Å². The Hall–Kier alpha value is -10.7. The van der Waals surface area contributed by atoms with E-state index in [1.54, 1.807) is 50.6 Å². The third-order valence-corrected chi connectivity index (χ3v) is 22.4. The van der Waals surface area contributed by atoms with Gasteiger partial charge in [-0.1, -0.05) is 175 Å². The zero-order valence-electron chi connectivity index (χ0n) is 69.8. The van der Waals surface area contributed by atoms with Crippen LogP contribution in [0.5, 0.6) is 11.5 Å². The summed E-state index contributed by atoms with van der Waals surface area (Å²) < 4.78 is 10.3. The van der Waals surface area contributed by atoms with Crippen LogP contribution < -0.4 is 62.6 Å². The lowest BCUT2D eigenvalue weighted by atomic mass is 10.0. The topological polar surface area (TPSA) is 240 Å². The highest BCUT2D eigenvalue weighted by molar-refractivity contribution is 6.31. The van der Waals surface area contributed by atoms with Gasteiger partial charge in [-0.3, -0.25) is 19.6 Å². The van der Waals surface area contributed by atoms with Gasteiger partial charge in [0, 0.05) is 178 Å². The Kier molecular flexibility index (Phi) is 37.3. The van der Waals surface area contributed by atoms with Crippen LogP contribution in [0, 0.1) is 13.8 Å². The number of likely N-dealkylation sites (tertiary alicyclic amines) is 5. The van der Waals surface area contributed by atoms with Gasteiger partial charge >= 0.3 is 30.2 Å². The minimum Gasteiger partial charge on any atom is -0.497 e. The molecule has 5 saturated heterocycles. The van der Waals surface area contributed by atoms with Crippen molar-refractivity contribution in [2.45, 2.75) is 154 Å². The Balaban J connectivity index is 0.000000157. The first-order valence-corrected chi connectivity index (χ1v) is 42.6. The van der Waals surface area contributed by atoms with Gasteiger partial charge in [-0.05, 0) is 198 Å². The number of anilines is 5. The Bertz CT molecular complexity index is 4500. The van der Waals surface area contributed by atoms with Crippen LogP contribution in [0.3, 0.4) is 0 Å². The minimum absolute atomic E-state index is 0.109. The summed E-state index contributed by atoms with van der Waals surface area (Å²) in [7, 11) is 3.23. The molecule has 0 spiro atoms. The number of halogens is 2. The Morgan fingerprint density at radius 3 is 0.899 bits per heavy atom. The van der Waals surface area contributed by atoms with Crippen LogP contribution in [0.1, 0.15) is 111 Å². The molecule has 10 N–H and O–H groups in total. The number of rotatable bonds is 21. The summed E-state index contributed by atoms with van der Waals surface area (Å²) in [5, 5.41) is 31.0. The van der Waals surface area contributed by atoms with E-state index in [1.165, 1.54) is 22.3 Å². The predicted octanol–water partition coefficient (Wildman–Crippen LogP) is 18.5. The zero-order valence-corrected chi connectivity index (χ0v) is 71.3. The fourth-order valence-electron chi connectivity index (χ4n) is 15.0. The summed E-state index contributed by atoms with van der Waals surface area (Å²) in [6, 6.07) is 78.3.